The average Bonchev–Trinajstić information content (AvgIpc) is 3.33. The number of hydrogen-bond donors (Lipinski definition) is 0. The fourth-order valence-corrected chi connectivity index (χ4v) is 2.66. The summed E-state index contributed by atoms with van der Waals surface area (Å²) >= 11 is 0. The SMILES string of the molecule is CCCC(=O)N1CCN(c2ccc(C3CC3)nn2)CC1. The summed E-state index contributed by atoms with van der Waals surface area (Å²) in [5, 5.41) is 8.67. The molecule has 0 aromatic carbocycles. The van der Waals surface area contributed by atoms with E-state index in [0.29, 0.717) is 12.3 Å². The van der Waals surface area contributed by atoms with Gasteiger partial charge in [-0.05, 0) is 31.4 Å². The van der Waals surface area contributed by atoms with Crippen LogP contribution in [0.25, 0.3) is 0 Å². The topological polar surface area (TPSA) is 49.3 Å². The lowest BCUT2D eigenvalue weighted by atomic mass is 10.2. The van der Waals surface area contributed by atoms with Gasteiger partial charge in [0.05, 0.1) is 5.69 Å². The van der Waals surface area contributed by atoms with E-state index in [4.69, 9.17) is 0 Å². The van der Waals surface area contributed by atoms with Crippen molar-refractivity contribution in [2.45, 2.75) is 38.5 Å². The van der Waals surface area contributed by atoms with Crippen LogP contribution in [0.4, 0.5) is 5.82 Å². The van der Waals surface area contributed by atoms with Gasteiger partial charge >= 0.3 is 0 Å². The average molecular weight is 274 g/mol. The number of amides is 1. The number of nitrogens with zero attached hydrogens (tertiary/aromatic N) is 4. The minimum Gasteiger partial charge on any atom is -0.352 e. The molecule has 0 N–H and O–H groups in total. The van der Waals surface area contributed by atoms with Crippen LogP contribution in [0, 0.1) is 0 Å². The molecule has 20 heavy (non-hydrogen) atoms. The number of aromatic nitrogens is 2. The van der Waals surface area contributed by atoms with Crippen LogP contribution >= 0.6 is 0 Å². The Kier molecular flexibility index (Phi) is 3.85. The van der Waals surface area contributed by atoms with Crippen LogP contribution in [-0.4, -0.2) is 47.2 Å². The lowest BCUT2D eigenvalue weighted by molar-refractivity contribution is -0.131. The van der Waals surface area contributed by atoms with Gasteiger partial charge in [0, 0.05) is 38.5 Å². The monoisotopic (exact) mass is 274 g/mol. The van der Waals surface area contributed by atoms with Crippen LogP contribution in [0.1, 0.15) is 44.2 Å². The second-order valence-corrected chi connectivity index (χ2v) is 5.71. The quantitative estimate of drug-likeness (QED) is 0.840. The fourth-order valence-electron chi connectivity index (χ4n) is 2.66. The molecule has 1 aliphatic carbocycles. The van der Waals surface area contributed by atoms with Gasteiger partial charge in [-0.15, -0.1) is 5.10 Å². The molecule has 1 saturated carbocycles. The molecule has 2 aliphatic rings. The van der Waals surface area contributed by atoms with E-state index < -0.39 is 0 Å². The molecule has 0 bridgehead atoms. The number of carbonyl (C=O) groups is 1. The normalized spacial score (nSPS) is 19.2. The Morgan fingerprint density at radius 3 is 2.50 bits per heavy atom. The number of rotatable bonds is 4. The second-order valence-electron chi connectivity index (χ2n) is 5.71. The summed E-state index contributed by atoms with van der Waals surface area (Å²) < 4.78 is 0. The standard InChI is InChI=1S/C15H22N4O/c1-2-3-15(20)19-10-8-18(9-11-19)14-7-6-13(16-17-14)12-4-5-12/h6-7,12H,2-5,8-11H2,1H3. The summed E-state index contributed by atoms with van der Waals surface area (Å²) in [4.78, 5) is 16.0. The number of carbonyl (C=O) groups excluding carboxylic acids is 1. The number of anilines is 1. The molecule has 0 atom stereocenters. The third-order valence-corrected chi connectivity index (χ3v) is 4.09. The molecule has 1 aromatic rings. The Labute approximate surface area is 120 Å². The van der Waals surface area contributed by atoms with Crippen molar-refractivity contribution in [3.05, 3.63) is 17.8 Å². The molecule has 5 heteroatoms. The largest absolute Gasteiger partial charge is 0.352 e. The van der Waals surface area contributed by atoms with Crippen LogP contribution in [-0.2, 0) is 4.79 Å². The van der Waals surface area contributed by atoms with Gasteiger partial charge in [-0.3, -0.25) is 4.79 Å². The Bertz CT molecular complexity index is 461. The first-order valence-corrected chi connectivity index (χ1v) is 7.64. The minimum absolute atomic E-state index is 0.280. The van der Waals surface area contributed by atoms with Crippen LogP contribution in [0.2, 0.25) is 0 Å². The lowest BCUT2D eigenvalue weighted by Crippen LogP contribution is -2.49. The van der Waals surface area contributed by atoms with E-state index in [1.54, 1.807) is 0 Å². The van der Waals surface area contributed by atoms with Gasteiger partial charge < -0.3 is 9.80 Å². The fraction of sp³-hybridized carbons (Fsp3) is 0.667. The van der Waals surface area contributed by atoms with Crippen molar-refractivity contribution in [3.63, 3.8) is 0 Å². The van der Waals surface area contributed by atoms with Gasteiger partial charge in [0.1, 0.15) is 0 Å². The van der Waals surface area contributed by atoms with Crippen molar-refractivity contribution in [1.82, 2.24) is 15.1 Å². The molecular formula is C15H22N4O. The molecule has 1 aromatic heterocycles. The first-order valence-electron chi connectivity index (χ1n) is 7.64. The molecular weight excluding hydrogens is 252 g/mol. The molecule has 108 valence electrons. The van der Waals surface area contributed by atoms with Gasteiger partial charge in [-0.2, -0.15) is 5.10 Å². The third-order valence-electron chi connectivity index (χ3n) is 4.09. The highest BCUT2D eigenvalue weighted by Crippen LogP contribution is 2.38. The summed E-state index contributed by atoms with van der Waals surface area (Å²) in [6.45, 7) is 5.35. The van der Waals surface area contributed by atoms with E-state index in [1.807, 2.05) is 11.8 Å². The smallest absolute Gasteiger partial charge is 0.222 e. The van der Waals surface area contributed by atoms with Crippen molar-refractivity contribution in [3.8, 4) is 0 Å². The van der Waals surface area contributed by atoms with Crippen LogP contribution in [0.5, 0.6) is 0 Å². The van der Waals surface area contributed by atoms with Crippen LogP contribution in [0.3, 0.4) is 0 Å². The zero-order valence-corrected chi connectivity index (χ0v) is 12.1. The molecule has 1 aliphatic heterocycles. The molecule has 0 radical (unpaired) electrons. The molecule has 3 rings (SSSR count). The maximum absolute atomic E-state index is 11.8. The van der Waals surface area contributed by atoms with Crippen LogP contribution in [0.15, 0.2) is 12.1 Å². The molecule has 5 nitrogen and oxygen atoms in total. The molecule has 0 spiro atoms. The van der Waals surface area contributed by atoms with Crippen molar-refractivity contribution in [2.24, 2.45) is 0 Å². The summed E-state index contributed by atoms with van der Waals surface area (Å²) in [6, 6.07) is 4.18. The first-order chi connectivity index (χ1) is 9.78. The summed E-state index contributed by atoms with van der Waals surface area (Å²) in [7, 11) is 0. The number of piperazine rings is 1. The minimum atomic E-state index is 0.280. The molecule has 2 heterocycles. The van der Waals surface area contributed by atoms with Crippen molar-refractivity contribution < 1.29 is 4.79 Å². The third kappa shape index (κ3) is 2.92. The van der Waals surface area contributed by atoms with E-state index in [1.165, 1.54) is 12.8 Å². The summed E-state index contributed by atoms with van der Waals surface area (Å²) in [5.74, 6) is 1.87. The van der Waals surface area contributed by atoms with Gasteiger partial charge in [-0.1, -0.05) is 6.92 Å². The van der Waals surface area contributed by atoms with Gasteiger partial charge in [0.25, 0.3) is 0 Å². The van der Waals surface area contributed by atoms with E-state index in [0.717, 1.165) is 44.1 Å². The highest BCUT2D eigenvalue weighted by Gasteiger charge is 2.26. The van der Waals surface area contributed by atoms with E-state index in [-0.39, 0.29) is 5.91 Å². The Hall–Kier alpha value is -1.65. The highest BCUT2D eigenvalue weighted by molar-refractivity contribution is 5.76. The zero-order valence-electron chi connectivity index (χ0n) is 12.1. The zero-order chi connectivity index (χ0) is 13.9. The van der Waals surface area contributed by atoms with Crippen molar-refractivity contribution in [2.75, 3.05) is 31.1 Å². The highest BCUT2D eigenvalue weighted by atomic mass is 16.2. The van der Waals surface area contributed by atoms with E-state index >= 15 is 0 Å². The number of hydrogen-bond acceptors (Lipinski definition) is 4. The molecule has 1 saturated heterocycles. The first kappa shape index (κ1) is 13.3. The maximum atomic E-state index is 11.8. The van der Waals surface area contributed by atoms with Gasteiger partial charge in [-0.25, -0.2) is 0 Å². The Balaban J connectivity index is 1.55. The Morgan fingerprint density at radius 2 is 1.95 bits per heavy atom. The van der Waals surface area contributed by atoms with Crippen molar-refractivity contribution in [1.29, 1.82) is 0 Å². The van der Waals surface area contributed by atoms with Crippen LogP contribution < -0.4 is 4.90 Å². The van der Waals surface area contributed by atoms with Crippen molar-refractivity contribution >= 4 is 11.7 Å². The molecule has 2 fully saturated rings. The summed E-state index contributed by atoms with van der Waals surface area (Å²) in [6.07, 6.45) is 4.10. The maximum Gasteiger partial charge on any atom is 0.222 e. The predicted octanol–water partition coefficient (Wildman–Crippen LogP) is 1.80. The predicted molar refractivity (Wildman–Crippen MR) is 77.7 cm³/mol. The summed E-state index contributed by atoms with van der Waals surface area (Å²) in [5.41, 5.74) is 1.13. The lowest BCUT2D eigenvalue weighted by Gasteiger charge is -2.35. The van der Waals surface area contributed by atoms with E-state index in [2.05, 4.69) is 27.2 Å². The Morgan fingerprint density at radius 1 is 1.20 bits per heavy atom. The molecule has 1 amide bonds. The van der Waals surface area contributed by atoms with E-state index in [9.17, 15) is 4.79 Å². The second kappa shape index (κ2) is 5.77. The van der Waals surface area contributed by atoms with Gasteiger partial charge in [0.2, 0.25) is 5.91 Å². The molecule has 0 unspecified atom stereocenters. The van der Waals surface area contributed by atoms with Gasteiger partial charge in [0.15, 0.2) is 5.82 Å².